The lowest BCUT2D eigenvalue weighted by Crippen LogP contribution is -2.41. The number of hydrogen-bond donors (Lipinski definition) is 1. The molecule has 0 saturated carbocycles. The van der Waals surface area contributed by atoms with Gasteiger partial charge in [0.15, 0.2) is 15.5 Å². The first-order chi connectivity index (χ1) is 13.4. The summed E-state index contributed by atoms with van der Waals surface area (Å²) in [6.07, 6.45) is 8.53. The average Bonchev–Trinajstić information content (AvgIpc) is 3.31. The fourth-order valence-electron chi connectivity index (χ4n) is 3.60. The molecule has 3 aromatic heterocycles. The molecule has 8 nitrogen and oxygen atoms in total. The van der Waals surface area contributed by atoms with Crippen LogP contribution in [0.25, 0.3) is 22.9 Å². The molecule has 5 rings (SSSR count). The van der Waals surface area contributed by atoms with E-state index in [9.17, 15) is 8.42 Å². The predicted molar refractivity (Wildman–Crippen MR) is 112 cm³/mol. The maximum Gasteiger partial charge on any atom is 0.167 e. The molecular weight excluding hydrogens is 444 g/mol. The van der Waals surface area contributed by atoms with Crippen LogP contribution in [0.4, 0.5) is 11.6 Å². The molecule has 4 heterocycles. The predicted octanol–water partition coefficient (Wildman–Crippen LogP) is 1.94. The largest absolute Gasteiger partial charge is 0.383 e. The van der Waals surface area contributed by atoms with Crippen LogP contribution in [0, 0.1) is 0 Å². The monoisotopic (exact) mass is 460 g/mol. The number of pyridine rings is 1. The fraction of sp³-hybridized carbons (Fsp3) is 0.278. The van der Waals surface area contributed by atoms with Gasteiger partial charge in [0.05, 0.1) is 23.4 Å². The second-order valence-electron chi connectivity index (χ2n) is 6.94. The first-order valence-electron chi connectivity index (χ1n) is 8.87. The molecule has 0 unspecified atom stereocenters. The van der Waals surface area contributed by atoms with Crippen molar-refractivity contribution in [2.75, 3.05) is 35.2 Å². The van der Waals surface area contributed by atoms with Crippen molar-refractivity contribution in [3.63, 3.8) is 0 Å². The van der Waals surface area contributed by atoms with Gasteiger partial charge in [0.1, 0.15) is 16.1 Å². The Balaban J connectivity index is 1.62. The molecule has 2 N–H and O–H groups in total. The third-order valence-electron chi connectivity index (χ3n) is 5.17. The summed E-state index contributed by atoms with van der Waals surface area (Å²) in [5.41, 5.74) is 10.9. The number of nitrogens with two attached hydrogens (primary N) is 1. The molecule has 1 aliphatic heterocycles. The SMILES string of the molecule is Nc1c(Br)c(N2CCS(=O)(=O)CC2)nc2c(-c3cnc4c(c3)CC=C4)cnn12. The maximum absolute atomic E-state index is 11.8. The first kappa shape index (κ1) is 17.6. The molecule has 0 spiro atoms. The summed E-state index contributed by atoms with van der Waals surface area (Å²) in [6.45, 7) is 0.776. The molecule has 1 fully saturated rings. The molecule has 3 aromatic rings. The highest BCUT2D eigenvalue weighted by atomic mass is 79.9. The molecule has 0 radical (unpaired) electrons. The molecular formula is C18H17BrN6O2S. The van der Waals surface area contributed by atoms with Crippen LogP contribution < -0.4 is 10.6 Å². The van der Waals surface area contributed by atoms with Gasteiger partial charge in [-0.2, -0.15) is 9.61 Å². The Hall–Kier alpha value is -2.46. The van der Waals surface area contributed by atoms with Crippen molar-refractivity contribution in [2.24, 2.45) is 0 Å². The van der Waals surface area contributed by atoms with Crippen LogP contribution in [0.1, 0.15) is 11.3 Å². The Kier molecular flexibility index (Phi) is 3.95. The minimum Gasteiger partial charge on any atom is -0.383 e. The van der Waals surface area contributed by atoms with E-state index in [4.69, 9.17) is 10.7 Å². The first-order valence-corrected chi connectivity index (χ1v) is 11.5. The van der Waals surface area contributed by atoms with E-state index in [0.717, 1.165) is 23.2 Å². The van der Waals surface area contributed by atoms with Crippen molar-refractivity contribution < 1.29 is 8.42 Å². The quantitative estimate of drug-likeness (QED) is 0.622. The number of hydrogen-bond acceptors (Lipinski definition) is 7. The van der Waals surface area contributed by atoms with E-state index >= 15 is 0 Å². The molecule has 2 aliphatic rings. The molecule has 28 heavy (non-hydrogen) atoms. The van der Waals surface area contributed by atoms with Crippen LogP contribution >= 0.6 is 15.9 Å². The summed E-state index contributed by atoms with van der Waals surface area (Å²) in [4.78, 5) is 11.3. The highest BCUT2D eigenvalue weighted by Crippen LogP contribution is 2.35. The number of nitrogens with zero attached hydrogens (tertiary/aromatic N) is 5. The minimum absolute atomic E-state index is 0.111. The minimum atomic E-state index is -2.98. The second kappa shape index (κ2) is 6.28. The Bertz CT molecular complexity index is 1240. The van der Waals surface area contributed by atoms with E-state index in [1.807, 2.05) is 17.2 Å². The zero-order chi connectivity index (χ0) is 19.5. The summed E-state index contributed by atoms with van der Waals surface area (Å²) in [5.74, 6) is 1.29. The highest BCUT2D eigenvalue weighted by molar-refractivity contribution is 9.10. The molecule has 0 amide bonds. The van der Waals surface area contributed by atoms with Gasteiger partial charge in [-0.25, -0.2) is 13.4 Å². The number of rotatable bonds is 2. The number of fused-ring (bicyclic) bond motifs is 2. The van der Waals surface area contributed by atoms with Gasteiger partial charge in [0.25, 0.3) is 0 Å². The number of aromatic nitrogens is 4. The topological polar surface area (TPSA) is 106 Å². The summed E-state index contributed by atoms with van der Waals surface area (Å²) < 4.78 is 25.8. The lowest BCUT2D eigenvalue weighted by atomic mass is 10.1. The third kappa shape index (κ3) is 2.78. The zero-order valence-corrected chi connectivity index (χ0v) is 17.2. The fourth-order valence-corrected chi connectivity index (χ4v) is 5.31. The van der Waals surface area contributed by atoms with Crippen molar-refractivity contribution in [1.82, 2.24) is 19.6 Å². The Morgan fingerprint density at radius 1 is 1.18 bits per heavy atom. The van der Waals surface area contributed by atoms with Gasteiger partial charge in [-0.1, -0.05) is 6.08 Å². The molecule has 1 saturated heterocycles. The van der Waals surface area contributed by atoms with Crippen molar-refractivity contribution in [3.05, 3.63) is 40.3 Å². The molecule has 10 heteroatoms. The number of sulfone groups is 1. The Morgan fingerprint density at radius 2 is 1.96 bits per heavy atom. The number of halogens is 1. The molecule has 0 atom stereocenters. The van der Waals surface area contributed by atoms with Gasteiger partial charge in [0.2, 0.25) is 0 Å². The third-order valence-corrected chi connectivity index (χ3v) is 7.54. The summed E-state index contributed by atoms with van der Waals surface area (Å²) in [6, 6.07) is 2.10. The smallest absolute Gasteiger partial charge is 0.167 e. The van der Waals surface area contributed by atoms with Crippen LogP contribution in [-0.4, -0.2) is 52.6 Å². The number of nitrogen functional groups attached to an aromatic ring is 1. The van der Waals surface area contributed by atoms with E-state index in [1.165, 1.54) is 5.56 Å². The van der Waals surface area contributed by atoms with Crippen molar-refractivity contribution in [2.45, 2.75) is 6.42 Å². The molecule has 0 aromatic carbocycles. The lowest BCUT2D eigenvalue weighted by molar-refractivity contribution is 0.586. The van der Waals surface area contributed by atoms with E-state index < -0.39 is 9.84 Å². The normalized spacial score (nSPS) is 18.0. The average molecular weight is 461 g/mol. The standard InChI is InChI=1S/C18H17BrN6O2S/c19-15-16(20)25-17(23-18(15)24-4-6-28(26,27)7-5-24)13(10-22-25)12-8-11-2-1-3-14(11)21-9-12/h1,3,8-10H,2,4-7,20H2. The van der Waals surface area contributed by atoms with Gasteiger partial charge < -0.3 is 10.6 Å². The zero-order valence-electron chi connectivity index (χ0n) is 14.8. The highest BCUT2D eigenvalue weighted by Gasteiger charge is 2.26. The van der Waals surface area contributed by atoms with Gasteiger partial charge in [-0.05, 0) is 40.1 Å². The van der Waals surface area contributed by atoms with Crippen LogP contribution in [0.15, 0.2) is 29.0 Å². The summed E-state index contributed by atoms with van der Waals surface area (Å²) in [7, 11) is -2.98. The summed E-state index contributed by atoms with van der Waals surface area (Å²) >= 11 is 3.51. The van der Waals surface area contributed by atoms with E-state index in [0.29, 0.717) is 34.8 Å². The Labute approximate surface area is 170 Å². The van der Waals surface area contributed by atoms with E-state index in [-0.39, 0.29) is 11.5 Å². The van der Waals surface area contributed by atoms with Crippen LogP contribution in [0.5, 0.6) is 0 Å². The van der Waals surface area contributed by atoms with Crippen LogP contribution in [0.3, 0.4) is 0 Å². The van der Waals surface area contributed by atoms with Crippen molar-refractivity contribution >= 4 is 49.1 Å². The molecule has 0 bridgehead atoms. The molecule has 144 valence electrons. The van der Waals surface area contributed by atoms with Crippen LogP contribution in [-0.2, 0) is 16.3 Å². The van der Waals surface area contributed by atoms with E-state index in [2.05, 4.69) is 38.2 Å². The van der Waals surface area contributed by atoms with Crippen molar-refractivity contribution in [1.29, 1.82) is 0 Å². The van der Waals surface area contributed by atoms with Gasteiger partial charge in [-0.15, -0.1) is 0 Å². The summed E-state index contributed by atoms with van der Waals surface area (Å²) in [5, 5.41) is 4.40. The lowest BCUT2D eigenvalue weighted by Gasteiger charge is -2.28. The number of anilines is 2. The van der Waals surface area contributed by atoms with Crippen LogP contribution in [0.2, 0.25) is 0 Å². The van der Waals surface area contributed by atoms with Gasteiger partial charge >= 0.3 is 0 Å². The Morgan fingerprint density at radius 3 is 2.75 bits per heavy atom. The maximum atomic E-state index is 11.8. The molecule has 1 aliphatic carbocycles. The van der Waals surface area contributed by atoms with E-state index in [1.54, 1.807) is 10.7 Å². The van der Waals surface area contributed by atoms with Gasteiger partial charge in [-0.3, -0.25) is 4.98 Å². The second-order valence-corrected chi connectivity index (χ2v) is 10.0. The van der Waals surface area contributed by atoms with Crippen molar-refractivity contribution in [3.8, 4) is 11.1 Å². The van der Waals surface area contributed by atoms with Gasteiger partial charge in [0, 0.05) is 30.4 Å². The number of allylic oxidation sites excluding steroid dienone is 1.